The summed E-state index contributed by atoms with van der Waals surface area (Å²) in [5.41, 5.74) is 7.88. The second-order valence-corrected chi connectivity index (χ2v) is 5.04. The molecule has 4 rings (SSSR count). The van der Waals surface area contributed by atoms with E-state index in [1.807, 2.05) is 42.5 Å². The van der Waals surface area contributed by atoms with Gasteiger partial charge in [-0.15, -0.1) is 0 Å². The minimum atomic E-state index is -0.104. The van der Waals surface area contributed by atoms with Crippen molar-refractivity contribution in [2.24, 2.45) is 0 Å². The fourth-order valence-electron chi connectivity index (χ4n) is 2.31. The van der Waals surface area contributed by atoms with Crippen molar-refractivity contribution >= 4 is 27.5 Å². The van der Waals surface area contributed by atoms with Crippen LogP contribution in [0.2, 0.25) is 0 Å². The van der Waals surface area contributed by atoms with Gasteiger partial charge in [0.2, 0.25) is 11.1 Å². The Hall–Kier alpha value is -3.34. The van der Waals surface area contributed by atoms with Crippen molar-refractivity contribution in [1.29, 1.82) is 0 Å². The van der Waals surface area contributed by atoms with Crippen LogP contribution in [0, 0.1) is 0 Å². The zero-order valence-electron chi connectivity index (χ0n) is 12.2. The van der Waals surface area contributed by atoms with Crippen LogP contribution in [0.4, 0.5) is 5.69 Å². The quantitative estimate of drug-likeness (QED) is 0.436. The van der Waals surface area contributed by atoms with Crippen molar-refractivity contribution in [1.82, 2.24) is 9.97 Å². The van der Waals surface area contributed by atoms with E-state index in [4.69, 9.17) is 5.73 Å². The van der Waals surface area contributed by atoms with Gasteiger partial charge in [0.15, 0.2) is 0 Å². The molecule has 0 atom stereocenters. The molecule has 2 aromatic carbocycles. The molecule has 23 heavy (non-hydrogen) atoms. The summed E-state index contributed by atoms with van der Waals surface area (Å²) in [5.74, 6) is 0. The number of nitrogen functional groups attached to an aromatic ring is 1. The molecule has 2 aromatic heterocycles. The first-order chi connectivity index (χ1) is 11.1. The standard InChI is InChI=1S/C9H8N2O.C9H7NO/c10-7-2-1-3-8-6(7)4-5-9(12)11-8;11-9-6-5-7-3-1-2-4-8(7)10-9/h1-5H,10H2,(H,11,12);1-6H,(H,10,11). The summed E-state index contributed by atoms with van der Waals surface area (Å²) < 4.78 is 0. The van der Waals surface area contributed by atoms with E-state index >= 15 is 0 Å². The number of aromatic amines is 2. The Morgan fingerprint density at radius 3 is 2.13 bits per heavy atom. The number of aromatic nitrogens is 2. The van der Waals surface area contributed by atoms with Crippen LogP contribution in [0.5, 0.6) is 0 Å². The number of rotatable bonds is 0. The third-order valence-electron chi connectivity index (χ3n) is 3.43. The van der Waals surface area contributed by atoms with Crippen LogP contribution in [0.1, 0.15) is 0 Å². The topological polar surface area (TPSA) is 91.7 Å². The van der Waals surface area contributed by atoms with E-state index in [9.17, 15) is 9.59 Å². The van der Waals surface area contributed by atoms with Crippen LogP contribution in [-0.2, 0) is 0 Å². The van der Waals surface area contributed by atoms with Crippen LogP contribution >= 0.6 is 0 Å². The highest BCUT2D eigenvalue weighted by molar-refractivity contribution is 5.89. The lowest BCUT2D eigenvalue weighted by Crippen LogP contribution is -2.02. The molecule has 2 heterocycles. The first-order valence-electron chi connectivity index (χ1n) is 7.09. The van der Waals surface area contributed by atoms with Crippen molar-refractivity contribution in [3.63, 3.8) is 0 Å². The maximum absolute atomic E-state index is 10.9. The van der Waals surface area contributed by atoms with Gasteiger partial charge >= 0.3 is 0 Å². The average molecular weight is 305 g/mol. The minimum absolute atomic E-state index is 0.0521. The smallest absolute Gasteiger partial charge is 0.248 e. The molecule has 4 aromatic rings. The Bertz CT molecular complexity index is 1080. The number of H-pyrrole nitrogens is 2. The number of para-hydroxylation sites is 1. The van der Waals surface area contributed by atoms with Crippen molar-refractivity contribution in [2.75, 3.05) is 5.73 Å². The molecule has 0 fully saturated rings. The maximum Gasteiger partial charge on any atom is 0.248 e. The van der Waals surface area contributed by atoms with E-state index in [1.165, 1.54) is 12.1 Å². The highest BCUT2D eigenvalue weighted by atomic mass is 16.1. The summed E-state index contributed by atoms with van der Waals surface area (Å²) in [6, 6.07) is 19.7. The van der Waals surface area contributed by atoms with Gasteiger partial charge < -0.3 is 15.7 Å². The molecule has 0 aliphatic carbocycles. The number of hydrogen-bond donors (Lipinski definition) is 3. The molecule has 0 radical (unpaired) electrons. The molecular weight excluding hydrogens is 290 g/mol. The summed E-state index contributed by atoms with van der Waals surface area (Å²) in [4.78, 5) is 27.2. The van der Waals surface area contributed by atoms with Gasteiger partial charge in [-0.1, -0.05) is 24.3 Å². The molecular formula is C18H15N3O2. The lowest BCUT2D eigenvalue weighted by Gasteiger charge is -1.98. The van der Waals surface area contributed by atoms with Gasteiger partial charge in [0.05, 0.1) is 5.52 Å². The Morgan fingerprint density at radius 2 is 1.30 bits per heavy atom. The maximum atomic E-state index is 10.9. The van der Waals surface area contributed by atoms with Crippen LogP contribution in [0.3, 0.4) is 0 Å². The van der Waals surface area contributed by atoms with Gasteiger partial charge in [-0.3, -0.25) is 9.59 Å². The molecule has 0 aliphatic rings. The van der Waals surface area contributed by atoms with Crippen molar-refractivity contribution in [3.05, 3.63) is 87.4 Å². The van der Waals surface area contributed by atoms with Crippen molar-refractivity contribution in [2.45, 2.75) is 0 Å². The number of hydrogen-bond acceptors (Lipinski definition) is 3. The van der Waals surface area contributed by atoms with Crippen LogP contribution in [0.25, 0.3) is 21.8 Å². The molecule has 0 amide bonds. The first kappa shape index (κ1) is 14.6. The summed E-state index contributed by atoms with van der Waals surface area (Å²) in [5, 5.41) is 1.95. The third kappa shape index (κ3) is 3.29. The second kappa shape index (κ2) is 6.19. The molecule has 0 aliphatic heterocycles. The lowest BCUT2D eigenvalue weighted by molar-refractivity contribution is 1.31. The molecule has 0 unspecified atom stereocenters. The van der Waals surface area contributed by atoms with Gasteiger partial charge in [-0.25, -0.2) is 0 Å². The van der Waals surface area contributed by atoms with E-state index in [-0.39, 0.29) is 11.1 Å². The highest BCUT2D eigenvalue weighted by Gasteiger charge is 1.95. The Balaban J connectivity index is 0.000000136. The van der Waals surface area contributed by atoms with Gasteiger partial charge in [0.1, 0.15) is 0 Å². The zero-order chi connectivity index (χ0) is 16.2. The first-order valence-corrected chi connectivity index (χ1v) is 7.09. The van der Waals surface area contributed by atoms with Gasteiger partial charge in [0, 0.05) is 28.7 Å². The third-order valence-corrected chi connectivity index (χ3v) is 3.43. The lowest BCUT2D eigenvalue weighted by atomic mass is 10.2. The SMILES string of the molecule is Nc1cccc2[nH]c(=O)ccc12.O=c1ccc2ccccc2[nH]1. The molecule has 114 valence electrons. The summed E-state index contributed by atoms with van der Waals surface area (Å²) in [7, 11) is 0. The zero-order valence-corrected chi connectivity index (χ0v) is 12.2. The molecule has 5 heteroatoms. The number of nitrogens with one attached hydrogen (secondary N) is 2. The van der Waals surface area contributed by atoms with Crippen molar-refractivity contribution < 1.29 is 0 Å². The van der Waals surface area contributed by atoms with E-state index in [0.717, 1.165) is 21.8 Å². The summed E-state index contributed by atoms with van der Waals surface area (Å²) in [6.07, 6.45) is 0. The molecule has 0 bridgehead atoms. The Labute approximate surface area is 131 Å². The largest absolute Gasteiger partial charge is 0.398 e. The number of pyridine rings is 2. The minimum Gasteiger partial charge on any atom is -0.398 e. The molecule has 0 saturated carbocycles. The van der Waals surface area contributed by atoms with E-state index < -0.39 is 0 Å². The predicted molar refractivity (Wildman–Crippen MR) is 93.5 cm³/mol. The monoisotopic (exact) mass is 305 g/mol. The van der Waals surface area contributed by atoms with E-state index in [0.29, 0.717) is 5.69 Å². The van der Waals surface area contributed by atoms with Gasteiger partial charge in [0.25, 0.3) is 0 Å². The molecule has 5 nitrogen and oxygen atoms in total. The average Bonchev–Trinajstić information content (AvgIpc) is 2.55. The summed E-state index contributed by atoms with van der Waals surface area (Å²) in [6.45, 7) is 0. The normalized spacial score (nSPS) is 10.3. The van der Waals surface area contributed by atoms with Crippen LogP contribution < -0.4 is 16.9 Å². The fourth-order valence-corrected chi connectivity index (χ4v) is 2.31. The van der Waals surface area contributed by atoms with Gasteiger partial charge in [-0.2, -0.15) is 0 Å². The van der Waals surface area contributed by atoms with Crippen molar-refractivity contribution in [3.8, 4) is 0 Å². The highest BCUT2D eigenvalue weighted by Crippen LogP contribution is 2.16. The number of nitrogens with two attached hydrogens (primary N) is 1. The van der Waals surface area contributed by atoms with Crippen LogP contribution in [-0.4, -0.2) is 9.97 Å². The van der Waals surface area contributed by atoms with Gasteiger partial charge in [-0.05, 0) is 35.7 Å². The molecule has 0 saturated heterocycles. The fraction of sp³-hybridized carbons (Fsp3) is 0. The Morgan fingerprint density at radius 1 is 0.652 bits per heavy atom. The predicted octanol–water partition coefficient (Wildman–Crippen LogP) is 2.64. The van der Waals surface area contributed by atoms with Crippen LogP contribution in [0.15, 0.2) is 76.3 Å². The Kier molecular flexibility index (Phi) is 3.93. The number of anilines is 1. The molecule has 4 N–H and O–H groups in total. The summed E-state index contributed by atoms with van der Waals surface area (Å²) >= 11 is 0. The number of benzene rings is 2. The second-order valence-electron chi connectivity index (χ2n) is 5.04. The number of fused-ring (bicyclic) bond motifs is 2. The molecule has 0 spiro atoms. The van der Waals surface area contributed by atoms with E-state index in [2.05, 4.69) is 9.97 Å². The van der Waals surface area contributed by atoms with E-state index in [1.54, 1.807) is 12.1 Å².